The van der Waals surface area contributed by atoms with E-state index in [1.807, 2.05) is 0 Å². The SMILES string of the molecule is CCN(CC)CCOCCOC(=O)CCCCCCCCCCCCC1CCCC1. The minimum absolute atomic E-state index is 0.0695. The summed E-state index contributed by atoms with van der Waals surface area (Å²) in [7, 11) is 0. The molecule has 0 aromatic carbocycles. The van der Waals surface area contributed by atoms with Crippen LogP contribution in [0.25, 0.3) is 0 Å². The molecule has 0 aromatic heterocycles. The molecule has 0 aliphatic heterocycles. The fourth-order valence-corrected chi connectivity index (χ4v) is 4.54. The van der Waals surface area contributed by atoms with Crippen LogP contribution in [0.2, 0.25) is 0 Å². The number of likely N-dealkylation sites (N-methyl/N-ethyl adjacent to an activating group) is 1. The Labute approximate surface area is 187 Å². The number of esters is 1. The standard InChI is InChI=1S/C26H51NO3/c1-3-27(4-2)21-22-29-23-24-30-26(28)20-14-12-10-8-6-5-7-9-11-13-17-25-18-15-16-19-25/h25H,3-24H2,1-2H3. The lowest BCUT2D eigenvalue weighted by molar-refractivity contribution is -0.145. The third kappa shape index (κ3) is 16.1. The van der Waals surface area contributed by atoms with Crippen LogP contribution in [0.5, 0.6) is 0 Å². The van der Waals surface area contributed by atoms with E-state index in [0.29, 0.717) is 26.2 Å². The van der Waals surface area contributed by atoms with Crippen LogP contribution in [0, 0.1) is 5.92 Å². The Morgan fingerprint density at radius 2 is 1.33 bits per heavy atom. The highest BCUT2D eigenvalue weighted by Gasteiger charge is 2.13. The van der Waals surface area contributed by atoms with Gasteiger partial charge in [0, 0.05) is 13.0 Å². The molecule has 0 bridgehead atoms. The highest BCUT2D eigenvalue weighted by molar-refractivity contribution is 5.69. The van der Waals surface area contributed by atoms with Crippen molar-refractivity contribution in [1.29, 1.82) is 0 Å². The largest absolute Gasteiger partial charge is 0.463 e. The quantitative estimate of drug-likeness (QED) is 0.150. The smallest absolute Gasteiger partial charge is 0.305 e. The number of ether oxygens (including phenoxy) is 2. The highest BCUT2D eigenvalue weighted by Crippen LogP contribution is 2.29. The first-order chi connectivity index (χ1) is 14.8. The van der Waals surface area contributed by atoms with E-state index < -0.39 is 0 Å². The zero-order chi connectivity index (χ0) is 21.7. The Bertz CT molecular complexity index is 378. The number of hydrogen-bond donors (Lipinski definition) is 0. The first-order valence-corrected chi connectivity index (χ1v) is 13.2. The van der Waals surface area contributed by atoms with E-state index in [1.165, 1.54) is 83.5 Å². The second-order valence-electron chi connectivity index (χ2n) is 9.08. The number of hydrogen-bond acceptors (Lipinski definition) is 4. The first-order valence-electron chi connectivity index (χ1n) is 13.2. The van der Waals surface area contributed by atoms with Crippen molar-refractivity contribution in [2.24, 2.45) is 5.92 Å². The monoisotopic (exact) mass is 425 g/mol. The van der Waals surface area contributed by atoms with Crippen LogP contribution in [0.1, 0.15) is 117 Å². The van der Waals surface area contributed by atoms with Gasteiger partial charge in [-0.2, -0.15) is 0 Å². The average molecular weight is 426 g/mol. The molecule has 30 heavy (non-hydrogen) atoms. The molecule has 1 aliphatic rings. The van der Waals surface area contributed by atoms with E-state index in [-0.39, 0.29) is 5.97 Å². The van der Waals surface area contributed by atoms with Gasteiger partial charge in [0.25, 0.3) is 0 Å². The second-order valence-corrected chi connectivity index (χ2v) is 9.08. The van der Waals surface area contributed by atoms with Gasteiger partial charge in [-0.1, -0.05) is 104 Å². The molecule has 0 N–H and O–H groups in total. The molecule has 0 unspecified atom stereocenters. The highest BCUT2D eigenvalue weighted by atomic mass is 16.6. The van der Waals surface area contributed by atoms with E-state index in [9.17, 15) is 4.79 Å². The van der Waals surface area contributed by atoms with Gasteiger partial charge in [-0.05, 0) is 25.4 Å². The Morgan fingerprint density at radius 3 is 1.93 bits per heavy atom. The van der Waals surface area contributed by atoms with Crippen molar-refractivity contribution in [2.45, 2.75) is 117 Å². The molecule has 0 heterocycles. The number of rotatable bonds is 21. The van der Waals surface area contributed by atoms with Crippen molar-refractivity contribution >= 4 is 5.97 Å². The van der Waals surface area contributed by atoms with Gasteiger partial charge >= 0.3 is 5.97 Å². The molecule has 1 rings (SSSR count). The van der Waals surface area contributed by atoms with Crippen molar-refractivity contribution in [2.75, 3.05) is 39.5 Å². The first kappa shape index (κ1) is 27.4. The summed E-state index contributed by atoms with van der Waals surface area (Å²) in [5, 5.41) is 0. The summed E-state index contributed by atoms with van der Waals surface area (Å²) in [5.74, 6) is 0.998. The third-order valence-electron chi connectivity index (χ3n) is 6.66. The molecule has 1 aliphatic carbocycles. The van der Waals surface area contributed by atoms with E-state index >= 15 is 0 Å². The summed E-state index contributed by atoms with van der Waals surface area (Å²) in [6, 6.07) is 0. The molecule has 4 nitrogen and oxygen atoms in total. The van der Waals surface area contributed by atoms with Crippen LogP contribution in [0.4, 0.5) is 0 Å². The van der Waals surface area contributed by atoms with Crippen LogP contribution in [-0.2, 0) is 14.3 Å². The predicted octanol–water partition coefficient (Wildman–Crippen LogP) is 6.76. The molecular formula is C26H51NO3. The van der Waals surface area contributed by atoms with Gasteiger partial charge < -0.3 is 14.4 Å². The zero-order valence-corrected chi connectivity index (χ0v) is 20.3. The lowest BCUT2D eigenvalue weighted by Gasteiger charge is -2.17. The minimum atomic E-state index is -0.0695. The summed E-state index contributed by atoms with van der Waals surface area (Å²) >= 11 is 0. The lowest BCUT2D eigenvalue weighted by atomic mass is 9.99. The summed E-state index contributed by atoms with van der Waals surface area (Å²) in [6.45, 7) is 8.96. The summed E-state index contributed by atoms with van der Waals surface area (Å²) < 4.78 is 10.8. The fourth-order valence-electron chi connectivity index (χ4n) is 4.54. The number of carbonyl (C=O) groups is 1. The fraction of sp³-hybridized carbons (Fsp3) is 0.962. The third-order valence-corrected chi connectivity index (χ3v) is 6.66. The average Bonchev–Trinajstić information content (AvgIpc) is 3.27. The Hall–Kier alpha value is -0.610. The molecule has 0 spiro atoms. The minimum Gasteiger partial charge on any atom is -0.463 e. The molecule has 0 radical (unpaired) electrons. The molecular weight excluding hydrogens is 374 g/mol. The maximum atomic E-state index is 11.7. The van der Waals surface area contributed by atoms with E-state index in [4.69, 9.17) is 9.47 Å². The Balaban J connectivity index is 1.73. The molecule has 0 aromatic rings. The lowest BCUT2D eigenvalue weighted by Crippen LogP contribution is -2.27. The second kappa shape index (κ2) is 20.3. The van der Waals surface area contributed by atoms with Gasteiger partial charge in [0.2, 0.25) is 0 Å². The number of unbranched alkanes of at least 4 members (excludes halogenated alkanes) is 9. The van der Waals surface area contributed by atoms with E-state index in [1.54, 1.807) is 0 Å². The number of nitrogens with zero attached hydrogens (tertiary/aromatic N) is 1. The molecule has 0 saturated heterocycles. The molecule has 4 heteroatoms. The molecule has 0 amide bonds. The van der Waals surface area contributed by atoms with E-state index in [2.05, 4.69) is 18.7 Å². The van der Waals surface area contributed by atoms with Crippen LogP contribution in [0.15, 0.2) is 0 Å². The Morgan fingerprint density at radius 1 is 0.767 bits per heavy atom. The number of carbonyl (C=O) groups excluding carboxylic acids is 1. The Kier molecular flexibility index (Phi) is 18.6. The normalized spacial score (nSPS) is 14.6. The maximum absolute atomic E-state index is 11.7. The van der Waals surface area contributed by atoms with Crippen LogP contribution in [0.3, 0.4) is 0 Å². The van der Waals surface area contributed by atoms with Gasteiger partial charge in [0.15, 0.2) is 0 Å². The molecule has 1 saturated carbocycles. The van der Waals surface area contributed by atoms with Crippen molar-refractivity contribution < 1.29 is 14.3 Å². The van der Waals surface area contributed by atoms with Crippen molar-refractivity contribution in [1.82, 2.24) is 4.90 Å². The van der Waals surface area contributed by atoms with Crippen molar-refractivity contribution in [3.05, 3.63) is 0 Å². The van der Waals surface area contributed by atoms with Gasteiger partial charge in [0.1, 0.15) is 6.61 Å². The van der Waals surface area contributed by atoms with Gasteiger partial charge in [-0.25, -0.2) is 0 Å². The molecule has 0 atom stereocenters. The van der Waals surface area contributed by atoms with Crippen LogP contribution < -0.4 is 0 Å². The maximum Gasteiger partial charge on any atom is 0.305 e. The van der Waals surface area contributed by atoms with Gasteiger partial charge in [-0.3, -0.25) is 4.79 Å². The topological polar surface area (TPSA) is 38.8 Å². The van der Waals surface area contributed by atoms with Crippen molar-refractivity contribution in [3.8, 4) is 0 Å². The van der Waals surface area contributed by atoms with Crippen LogP contribution in [-0.4, -0.2) is 50.3 Å². The zero-order valence-electron chi connectivity index (χ0n) is 20.3. The summed E-state index contributed by atoms with van der Waals surface area (Å²) in [6.07, 6.45) is 21.2. The van der Waals surface area contributed by atoms with Gasteiger partial charge in [-0.15, -0.1) is 0 Å². The van der Waals surface area contributed by atoms with E-state index in [0.717, 1.165) is 38.4 Å². The molecule has 178 valence electrons. The summed E-state index contributed by atoms with van der Waals surface area (Å²) in [4.78, 5) is 14.1. The van der Waals surface area contributed by atoms with Crippen LogP contribution >= 0.6 is 0 Å². The van der Waals surface area contributed by atoms with Crippen molar-refractivity contribution in [3.63, 3.8) is 0 Å². The predicted molar refractivity (Wildman–Crippen MR) is 127 cm³/mol. The summed E-state index contributed by atoms with van der Waals surface area (Å²) in [5.41, 5.74) is 0. The van der Waals surface area contributed by atoms with Gasteiger partial charge in [0.05, 0.1) is 13.2 Å². The molecule has 1 fully saturated rings.